The number of ether oxygens (including phenoxy) is 2. The zero-order chi connectivity index (χ0) is 41.2. The van der Waals surface area contributed by atoms with Crippen LogP contribution in [0.5, 0.6) is 11.5 Å². The highest BCUT2D eigenvalue weighted by atomic mass is 32.2. The second-order valence-corrected chi connectivity index (χ2v) is 20.2. The van der Waals surface area contributed by atoms with E-state index in [2.05, 4.69) is 46.8 Å². The third-order valence-electron chi connectivity index (χ3n) is 16.2. The van der Waals surface area contributed by atoms with Crippen molar-refractivity contribution < 1.29 is 38.6 Å². The number of piperazine rings is 1. The molecule has 1 N–H and O–H groups in total. The second-order valence-electron chi connectivity index (χ2n) is 19.2. The molecule has 58 heavy (non-hydrogen) atoms. The molecule has 1 aromatic rings. The number of rotatable bonds is 4. The van der Waals surface area contributed by atoms with Crippen LogP contribution in [-0.4, -0.2) is 88.1 Å². The number of hydrogen-bond donors (Lipinski definition) is 1. The zero-order valence-electron chi connectivity index (χ0n) is 34.4. The van der Waals surface area contributed by atoms with Gasteiger partial charge < -0.3 is 24.4 Å². The Hall–Kier alpha value is -4.58. The Morgan fingerprint density at radius 1 is 0.897 bits per heavy atom. The van der Waals surface area contributed by atoms with Crippen LogP contribution in [0.2, 0.25) is 0 Å². The maximum Gasteiger partial charge on any atom is 0.294 e. The quantitative estimate of drug-likeness (QED) is 0.303. The fraction of sp³-hybridized carbons (Fsp3) is 0.543. The highest BCUT2D eigenvalue weighted by Crippen LogP contribution is 2.75. The van der Waals surface area contributed by atoms with Crippen LogP contribution >= 0.6 is 11.8 Å². The van der Waals surface area contributed by atoms with Gasteiger partial charge in [-0.05, 0) is 127 Å². The molecule has 306 valence electrons. The van der Waals surface area contributed by atoms with E-state index in [4.69, 9.17) is 9.47 Å². The van der Waals surface area contributed by atoms with E-state index in [9.17, 15) is 29.1 Å². The molecule has 0 aromatic heterocycles. The van der Waals surface area contributed by atoms with Crippen LogP contribution < -0.4 is 9.47 Å². The predicted octanol–water partition coefficient (Wildman–Crippen LogP) is 7.75. The number of aliphatic hydroxyl groups is 1. The highest BCUT2D eigenvalue weighted by molar-refractivity contribution is 8.18. The van der Waals surface area contributed by atoms with E-state index in [1.54, 1.807) is 35.3 Å². The molecule has 3 aliphatic heterocycles. The van der Waals surface area contributed by atoms with Crippen molar-refractivity contribution in [3.8, 4) is 11.5 Å². The van der Waals surface area contributed by atoms with Crippen molar-refractivity contribution in [3.05, 3.63) is 74.9 Å². The summed E-state index contributed by atoms with van der Waals surface area (Å²) < 4.78 is 10.8. The Bertz CT molecular complexity index is 2250. The number of ketones is 1. The van der Waals surface area contributed by atoms with Gasteiger partial charge in [0.25, 0.3) is 11.1 Å². The average Bonchev–Trinajstić information content (AvgIpc) is 3.78. The Balaban J connectivity index is 0.870. The van der Waals surface area contributed by atoms with E-state index < -0.39 is 16.6 Å². The molecular formula is C46H53N3O8S. The van der Waals surface area contributed by atoms with Crippen molar-refractivity contribution >= 4 is 46.6 Å². The van der Waals surface area contributed by atoms with Crippen molar-refractivity contribution in [2.75, 3.05) is 39.5 Å². The number of aliphatic hydroxyl groups excluding tert-OH is 1. The number of benzene rings is 1. The minimum absolute atomic E-state index is 0.0711. The molecule has 0 unspecified atom stereocenters. The topological polar surface area (TPSA) is 134 Å². The van der Waals surface area contributed by atoms with Gasteiger partial charge in [-0.1, -0.05) is 58.4 Å². The smallest absolute Gasteiger partial charge is 0.294 e. The summed E-state index contributed by atoms with van der Waals surface area (Å²) in [7, 11) is 0. The van der Waals surface area contributed by atoms with Crippen molar-refractivity contribution in [1.82, 2.24) is 14.7 Å². The fourth-order valence-corrected chi connectivity index (χ4v) is 13.1. The first-order valence-corrected chi connectivity index (χ1v) is 21.5. The Kier molecular flexibility index (Phi) is 8.86. The Morgan fingerprint density at radius 3 is 2.36 bits per heavy atom. The number of thioether (sulfide) groups is 1. The van der Waals surface area contributed by atoms with Gasteiger partial charge >= 0.3 is 0 Å². The number of allylic oxidation sites excluding steroid dienone is 7. The molecule has 0 radical (unpaired) electrons. The van der Waals surface area contributed by atoms with E-state index in [1.165, 1.54) is 5.57 Å². The van der Waals surface area contributed by atoms with Gasteiger partial charge in [0.15, 0.2) is 17.3 Å². The summed E-state index contributed by atoms with van der Waals surface area (Å²) >= 11 is 0.814. The second kappa shape index (κ2) is 13.2. The van der Waals surface area contributed by atoms with E-state index in [0.717, 1.165) is 72.8 Å². The molecule has 1 aromatic carbocycles. The normalized spacial score (nSPS) is 36.2. The van der Waals surface area contributed by atoms with Crippen LogP contribution in [0.1, 0.15) is 92.1 Å². The minimum Gasteiger partial charge on any atom is -0.504 e. The molecule has 0 spiro atoms. The Morgan fingerprint density at radius 2 is 1.60 bits per heavy atom. The van der Waals surface area contributed by atoms with Crippen LogP contribution in [0.3, 0.4) is 0 Å². The van der Waals surface area contributed by atoms with Crippen molar-refractivity contribution in [2.24, 2.45) is 33.0 Å². The Labute approximate surface area is 344 Å². The summed E-state index contributed by atoms with van der Waals surface area (Å²) in [5.74, 6) is 0.361. The lowest BCUT2D eigenvalue weighted by molar-refractivity contribution is -0.175. The number of fused-ring (bicyclic) bond motifs is 8. The minimum atomic E-state index is -0.545. The molecule has 0 bridgehead atoms. The number of imide groups is 1. The summed E-state index contributed by atoms with van der Waals surface area (Å²) in [4.78, 5) is 72.0. The number of carbonyl (C=O) groups is 5. The van der Waals surface area contributed by atoms with Crippen molar-refractivity contribution in [3.63, 3.8) is 0 Å². The summed E-state index contributed by atoms with van der Waals surface area (Å²) in [6, 6.07) is 5.29. The lowest BCUT2D eigenvalue weighted by Crippen LogP contribution is -2.63. The third-order valence-corrected chi connectivity index (χ3v) is 17.1. The van der Waals surface area contributed by atoms with Gasteiger partial charge in [0.05, 0.1) is 4.91 Å². The maximum absolute atomic E-state index is 14.6. The third kappa shape index (κ3) is 5.63. The summed E-state index contributed by atoms with van der Waals surface area (Å²) in [5.41, 5.74) is 3.75. The van der Waals surface area contributed by atoms with Crippen LogP contribution in [0.25, 0.3) is 6.08 Å². The number of nitrogens with zero attached hydrogens (tertiary/aromatic N) is 3. The first-order chi connectivity index (χ1) is 27.4. The molecule has 5 aliphatic carbocycles. The molecule has 9 rings (SSSR count). The van der Waals surface area contributed by atoms with Gasteiger partial charge in [-0.3, -0.25) is 28.9 Å². The van der Waals surface area contributed by atoms with E-state index >= 15 is 0 Å². The SMILES string of the molecule is CC1=C(O)C(=O)C=C2C1=CC=C1[C@@]2(C)CC[C@@]2(C)[C@@H]3C[C@](C)(C(=O)N4CCN(C(=O)CN5C(=O)S/C(=C\c6ccc7c(c6)OCO7)C5=O)CC4)CC[C@]3(C)CC[C@]12C. The number of carbonyl (C=O) groups excluding carboxylic acids is 5. The van der Waals surface area contributed by atoms with Crippen molar-refractivity contribution in [2.45, 2.75) is 86.5 Å². The molecule has 4 amide bonds. The largest absolute Gasteiger partial charge is 0.504 e. The summed E-state index contributed by atoms with van der Waals surface area (Å²) in [6.45, 7) is 14.9. The molecule has 11 nitrogen and oxygen atoms in total. The molecule has 6 atom stereocenters. The van der Waals surface area contributed by atoms with Gasteiger partial charge in [0.1, 0.15) is 6.54 Å². The van der Waals surface area contributed by atoms with Gasteiger partial charge in [0.2, 0.25) is 24.4 Å². The highest BCUT2D eigenvalue weighted by Gasteiger charge is 2.67. The number of amides is 4. The molecule has 8 aliphatic rings. The molecular weight excluding hydrogens is 755 g/mol. The summed E-state index contributed by atoms with van der Waals surface area (Å²) in [5, 5.41) is 10.0. The summed E-state index contributed by atoms with van der Waals surface area (Å²) in [6.07, 6.45) is 14.3. The molecule has 3 saturated carbocycles. The van der Waals surface area contributed by atoms with Gasteiger partial charge in [0, 0.05) is 42.6 Å². The predicted molar refractivity (Wildman–Crippen MR) is 219 cm³/mol. The standard InChI is InChI=1S/C46H53N3O8S/c1-27-29-8-10-35-44(4,30(29)23-31(50)38(27)52)14-16-46(6)36-24-43(3,12-11-42(36,2)13-15-45(35,46)5)40(54)48-19-17-47(18-20-48)37(51)25-49-39(53)34(58-41(49)55)22-28-7-9-32-33(21-28)57-26-56-32/h7-10,21-23,36,52H,11-20,24-26H2,1-6H3/b34-22-/t36-,42-,43-,44+,45-,46+/m1/s1. The molecule has 12 heteroatoms. The maximum atomic E-state index is 14.6. The van der Waals surface area contributed by atoms with Gasteiger partial charge in [-0.15, -0.1) is 0 Å². The number of hydrogen-bond acceptors (Lipinski definition) is 9. The molecule has 3 heterocycles. The monoisotopic (exact) mass is 807 g/mol. The first-order valence-electron chi connectivity index (χ1n) is 20.7. The average molecular weight is 808 g/mol. The van der Waals surface area contributed by atoms with E-state index in [1.807, 2.05) is 11.8 Å². The van der Waals surface area contributed by atoms with Crippen LogP contribution in [-0.2, 0) is 19.2 Å². The zero-order valence-corrected chi connectivity index (χ0v) is 35.2. The van der Waals surface area contributed by atoms with E-state index in [-0.39, 0.29) is 63.3 Å². The molecule has 2 saturated heterocycles. The molecule has 5 fully saturated rings. The van der Waals surface area contributed by atoms with Crippen LogP contribution in [0, 0.1) is 33.0 Å². The fourth-order valence-electron chi connectivity index (χ4n) is 12.2. The van der Waals surface area contributed by atoms with Crippen molar-refractivity contribution in [1.29, 1.82) is 0 Å². The van der Waals surface area contributed by atoms with Crippen LogP contribution in [0.4, 0.5) is 4.79 Å². The van der Waals surface area contributed by atoms with Gasteiger partial charge in [-0.25, -0.2) is 0 Å². The van der Waals surface area contributed by atoms with Gasteiger partial charge in [-0.2, -0.15) is 0 Å². The first kappa shape index (κ1) is 38.9. The lowest BCUT2D eigenvalue weighted by atomic mass is 9.34. The van der Waals surface area contributed by atoms with E-state index in [0.29, 0.717) is 54.7 Å². The lowest BCUT2D eigenvalue weighted by Gasteiger charge is -2.70. The van der Waals surface area contributed by atoms with Crippen LogP contribution in [0.15, 0.2) is 69.4 Å².